The zero-order chi connectivity index (χ0) is 12.3. The largest absolute Gasteiger partial charge is 0.395 e. The van der Waals surface area contributed by atoms with Crippen molar-refractivity contribution in [3.8, 4) is 0 Å². The average molecular weight is 238 g/mol. The predicted molar refractivity (Wildman–Crippen MR) is 65.3 cm³/mol. The maximum Gasteiger partial charge on any atom is 0.123 e. The molecular weight excluding hydrogens is 219 g/mol. The van der Waals surface area contributed by atoms with Crippen LogP contribution in [0.15, 0.2) is 24.3 Å². The molecule has 1 atom stereocenters. The summed E-state index contributed by atoms with van der Waals surface area (Å²) in [6, 6.07) is 7.00. The Kier molecular flexibility index (Phi) is 4.10. The number of β-amino-alcohol motifs (C(OH)–C–C–N with tert-alkyl or cyclic N) is 1. The SMILES string of the molecule is CN1CCN(CCO)CC1c1ccc(F)cc1. The van der Waals surface area contributed by atoms with Gasteiger partial charge in [-0.1, -0.05) is 12.1 Å². The minimum Gasteiger partial charge on any atom is -0.395 e. The molecule has 0 amide bonds. The summed E-state index contributed by atoms with van der Waals surface area (Å²) in [6.45, 7) is 3.75. The Morgan fingerprint density at radius 1 is 1.29 bits per heavy atom. The van der Waals surface area contributed by atoms with Gasteiger partial charge in [0.05, 0.1) is 6.61 Å². The van der Waals surface area contributed by atoms with Crippen molar-refractivity contribution in [1.29, 1.82) is 0 Å². The number of aliphatic hydroxyl groups is 1. The molecule has 1 heterocycles. The third-order valence-corrected chi connectivity index (χ3v) is 3.40. The highest BCUT2D eigenvalue weighted by Crippen LogP contribution is 2.23. The molecule has 0 spiro atoms. The molecule has 94 valence electrons. The maximum atomic E-state index is 12.9. The number of rotatable bonds is 3. The van der Waals surface area contributed by atoms with Gasteiger partial charge in [0.25, 0.3) is 0 Å². The van der Waals surface area contributed by atoms with Crippen LogP contribution < -0.4 is 0 Å². The second kappa shape index (κ2) is 5.58. The summed E-state index contributed by atoms with van der Waals surface area (Å²) >= 11 is 0. The number of aliphatic hydroxyl groups excluding tert-OH is 1. The fraction of sp³-hybridized carbons (Fsp3) is 0.538. The van der Waals surface area contributed by atoms with Gasteiger partial charge in [-0.15, -0.1) is 0 Å². The lowest BCUT2D eigenvalue weighted by molar-refractivity contribution is 0.0811. The van der Waals surface area contributed by atoms with E-state index in [9.17, 15) is 4.39 Å². The Balaban J connectivity index is 2.09. The van der Waals surface area contributed by atoms with E-state index in [0.29, 0.717) is 6.54 Å². The van der Waals surface area contributed by atoms with Gasteiger partial charge in [-0.05, 0) is 24.7 Å². The molecule has 1 unspecified atom stereocenters. The molecule has 1 fully saturated rings. The first-order valence-electron chi connectivity index (χ1n) is 5.99. The Labute approximate surface area is 101 Å². The Morgan fingerprint density at radius 2 is 2.00 bits per heavy atom. The topological polar surface area (TPSA) is 26.7 Å². The summed E-state index contributed by atoms with van der Waals surface area (Å²) in [5.41, 5.74) is 1.14. The summed E-state index contributed by atoms with van der Waals surface area (Å²) in [5.74, 6) is -0.195. The van der Waals surface area contributed by atoms with Crippen molar-refractivity contribution in [3.63, 3.8) is 0 Å². The monoisotopic (exact) mass is 238 g/mol. The van der Waals surface area contributed by atoms with Gasteiger partial charge in [-0.3, -0.25) is 9.80 Å². The number of hydrogen-bond acceptors (Lipinski definition) is 3. The summed E-state index contributed by atoms with van der Waals surface area (Å²) in [6.07, 6.45) is 0. The van der Waals surface area contributed by atoms with Gasteiger partial charge in [-0.2, -0.15) is 0 Å². The normalized spacial score (nSPS) is 22.9. The van der Waals surface area contributed by atoms with Gasteiger partial charge in [0.2, 0.25) is 0 Å². The van der Waals surface area contributed by atoms with Crippen molar-refractivity contribution in [2.75, 3.05) is 39.8 Å². The molecule has 1 saturated heterocycles. The molecular formula is C13H19FN2O. The average Bonchev–Trinajstić information content (AvgIpc) is 2.33. The van der Waals surface area contributed by atoms with Crippen LogP contribution in [0.3, 0.4) is 0 Å². The molecule has 2 rings (SSSR count). The number of likely N-dealkylation sites (N-methyl/N-ethyl adjacent to an activating group) is 1. The zero-order valence-corrected chi connectivity index (χ0v) is 10.1. The van der Waals surface area contributed by atoms with Crippen LogP contribution in [0, 0.1) is 5.82 Å². The maximum absolute atomic E-state index is 12.9. The molecule has 0 aliphatic carbocycles. The Hall–Kier alpha value is -0.970. The fourth-order valence-electron chi connectivity index (χ4n) is 2.32. The summed E-state index contributed by atoms with van der Waals surface area (Å²) in [4.78, 5) is 4.52. The number of piperazine rings is 1. The molecule has 0 saturated carbocycles. The Bertz CT molecular complexity index is 355. The van der Waals surface area contributed by atoms with E-state index in [2.05, 4.69) is 16.8 Å². The summed E-state index contributed by atoms with van der Waals surface area (Å²) in [7, 11) is 2.09. The van der Waals surface area contributed by atoms with Crippen molar-refractivity contribution in [2.24, 2.45) is 0 Å². The number of hydrogen-bond donors (Lipinski definition) is 1. The van der Waals surface area contributed by atoms with Crippen molar-refractivity contribution in [3.05, 3.63) is 35.6 Å². The van der Waals surface area contributed by atoms with Crippen molar-refractivity contribution < 1.29 is 9.50 Å². The lowest BCUT2D eigenvalue weighted by Crippen LogP contribution is -2.47. The molecule has 0 aromatic heterocycles. The van der Waals surface area contributed by atoms with E-state index in [0.717, 1.165) is 25.2 Å². The van der Waals surface area contributed by atoms with E-state index in [4.69, 9.17) is 5.11 Å². The predicted octanol–water partition coefficient (Wildman–Crippen LogP) is 1.11. The molecule has 1 aliphatic rings. The lowest BCUT2D eigenvalue weighted by atomic mass is 10.0. The van der Waals surface area contributed by atoms with Crippen LogP contribution in [0.25, 0.3) is 0 Å². The highest BCUT2D eigenvalue weighted by Gasteiger charge is 2.25. The van der Waals surface area contributed by atoms with Crippen LogP contribution in [0.2, 0.25) is 0 Å². The van der Waals surface area contributed by atoms with Gasteiger partial charge in [-0.25, -0.2) is 4.39 Å². The molecule has 4 heteroatoms. The molecule has 1 aromatic rings. The van der Waals surface area contributed by atoms with E-state index in [1.807, 2.05) is 12.1 Å². The first kappa shape index (κ1) is 12.5. The quantitative estimate of drug-likeness (QED) is 0.854. The van der Waals surface area contributed by atoms with Gasteiger partial charge >= 0.3 is 0 Å². The second-order valence-corrected chi connectivity index (χ2v) is 4.57. The minimum atomic E-state index is -0.195. The third kappa shape index (κ3) is 3.03. The van der Waals surface area contributed by atoms with Crippen molar-refractivity contribution in [1.82, 2.24) is 9.80 Å². The van der Waals surface area contributed by atoms with E-state index in [-0.39, 0.29) is 18.5 Å². The van der Waals surface area contributed by atoms with Crippen LogP contribution in [-0.4, -0.2) is 54.7 Å². The van der Waals surface area contributed by atoms with E-state index >= 15 is 0 Å². The summed E-state index contributed by atoms with van der Waals surface area (Å²) in [5, 5.41) is 8.97. The second-order valence-electron chi connectivity index (χ2n) is 4.57. The van der Waals surface area contributed by atoms with Gasteiger partial charge < -0.3 is 5.11 Å². The van der Waals surface area contributed by atoms with Gasteiger partial charge in [0, 0.05) is 32.2 Å². The number of benzene rings is 1. The highest BCUT2D eigenvalue weighted by molar-refractivity contribution is 5.21. The van der Waals surface area contributed by atoms with E-state index in [1.165, 1.54) is 12.1 Å². The molecule has 0 bridgehead atoms. The fourth-order valence-corrected chi connectivity index (χ4v) is 2.32. The summed E-state index contributed by atoms with van der Waals surface area (Å²) < 4.78 is 12.9. The first-order chi connectivity index (χ1) is 8.20. The molecule has 1 aliphatic heterocycles. The van der Waals surface area contributed by atoms with Crippen LogP contribution in [0.4, 0.5) is 4.39 Å². The smallest absolute Gasteiger partial charge is 0.123 e. The minimum absolute atomic E-state index is 0.194. The van der Waals surface area contributed by atoms with E-state index in [1.54, 1.807) is 0 Å². The molecule has 3 nitrogen and oxygen atoms in total. The van der Waals surface area contributed by atoms with Gasteiger partial charge in [0.1, 0.15) is 5.82 Å². The molecule has 17 heavy (non-hydrogen) atoms. The van der Waals surface area contributed by atoms with Crippen molar-refractivity contribution >= 4 is 0 Å². The Morgan fingerprint density at radius 3 is 2.65 bits per heavy atom. The zero-order valence-electron chi connectivity index (χ0n) is 10.1. The highest BCUT2D eigenvalue weighted by atomic mass is 19.1. The van der Waals surface area contributed by atoms with Crippen LogP contribution in [-0.2, 0) is 0 Å². The standard InChI is InChI=1S/C13H19FN2O/c1-15-6-7-16(8-9-17)10-13(15)11-2-4-12(14)5-3-11/h2-5,13,17H,6-10H2,1H3. The molecule has 1 N–H and O–H groups in total. The van der Waals surface area contributed by atoms with Crippen molar-refractivity contribution in [2.45, 2.75) is 6.04 Å². The van der Waals surface area contributed by atoms with Crippen LogP contribution in [0.5, 0.6) is 0 Å². The van der Waals surface area contributed by atoms with Crippen LogP contribution in [0.1, 0.15) is 11.6 Å². The van der Waals surface area contributed by atoms with Gasteiger partial charge in [0.15, 0.2) is 0 Å². The van der Waals surface area contributed by atoms with E-state index < -0.39 is 0 Å². The third-order valence-electron chi connectivity index (χ3n) is 3.40. The van der Waals surface area contributed by atoms with Crippen LogP contribution >= 0.6 is 0 Å². The molecule has 1 aromatic carbocycles. The first-order valence-corrected chi connectivity index (χ1v) is 5.99. The number of halogens is 1. The molecule has 0 radical (unpaired) electrons. The lowest BCUT2D eigenvalue weighted by Gasteiger charge is -2.39. The number of nitrogens with zero attached hydrogens (tertiary/aromatic N) is 2.